The molecule has 5 nitrogen and oxygen atoms in total. The molecular formula is C14H27N3O2. The Bertz CT molecular complexity index is 333. The number of nitrogens with zero attached hydrogens (tertiary/aromatic N) is 2. The Labute approximate surface area is 116 Å². The van der Waals surface area contributed by atoms with Crippen molar-refractivity contribution in [2.75, 3.05) is 47.4 Å². The summed E-state index contributed by atoms with van der Waals surface area (Å²) in [4.78, 5) is 17.0. The van der Waals surface area contributed by atoms with E-state index in [0.29, 0.717) is 12.0 Å². The summed E-state index contributed by atoms with van der Waals surface area (Å²) in [6.07, 6.45) is 2.25. The molecule has 5 heteroatoms. The minimum atomic E-state index is -0.515. The molecular weight excluding hydrogens is 242 g/mol. The minimum Gasteiger partial charge on any atom is -0.468 e. The van der Waals surface area contributed by atoms with Crippen LogP contribution in [0.25, 0.3) is 0 Å². The fourth-order valence-corrected chi connectivity index (χ4v) is 3.24. The van der Waals surface area contributed by atoms with E-state index in [1.54, 1.807) is 0 Å². The number of rotatable bonds is 5. The Morgan fingerprint density at radius 1 is 1.42 bits per heavy atom. The van der Waals surface area contributed by atoms with Crippen molar-refractivity contribution in [1.82, 2.24) is 15.1 Å². The van der Waals surface area contributed by atoms with Gasteiger partial charge in [-0.15, -0.1) is 0 Å². The molecule has 2 atom stereocenters. The zero-order valence-electron chi connectivity index (χ0n) is 12.6. The zero-order valence-corrected chi connectivity index (χ0v) is 12.6. The molecule has 0 aromatic rings. The molecule has 0 spiro atoms. The van der Waals surface area contributed by atoms with Crippen LogP contribution >= 0.6 is 0 Å². The molecule has 0 amide bonds. The van der Waals surface area contributed by atoms with Gasteiger partial charge in [-0.05, 0) is 39.8 Å². The summed E-state index contributed by atoms with van der Waals surface area (Å²) in [5, 5.41) is 3.28. The Hall–Kier alpha value is -0.650. The largest absolute Gasteiger partial charge is 0.468 e. The summed E-state index contributed by atoms with van der Waals surface area (Å²) in [6.45, 7) is 6.14. The van der Waals surface area contributed by atoms with Gasteiger partial charge in [-0.2, -0.15) is 0 Å². The number of piperazine rings is 1. The number of ether oxygens (including phenoxy) is 1. The highest BCUT2D eigenvalue weighted by molar-refractivity contribution is 5.82. The number of carbonyl (C=O) groups excluding carboxylic acids is 1. The Kier molecular flexibility index (Phi) is 4.48. The van der Waals surface area contributed by atoms with E-state index in [-0.39, 0.29) is 5.97 Å². The number of likely N-dealkylation sites (N-methyl/N-ethyl adjacent to an activating group) is 2. The van der Waals surface area contributed by atoms with Crippen molar-refractivity contribution in [3.8, 4) is 0 Å². The predicted octanol–water partition coefficient (Wildman–Crippen LogP) is 0.164. The third-order valence-electron chi connectivity index (χ3n) is 4.69. The fourth-order valence-electron chi connectivity index (χ4n) is 3.24. The Morgan fingerprint density at radius 2 is 2.11 bits per heavy atom. The van der Waals surface area contributed by atoms with E-state index in [2.05, 4.69) is 29.1 Å². The van der Waals surface area contributed by atoms with Crippen molar-refractivity contribution in [2.24, 2.45) is 5.92 Å². The van der Waals surface area contributed by atoms with Crippen LogP contribution in [0, 0.1) is 5.92 Å². The highest BCUT2D eigenvalue weighted by Gasteiger charge is 2.52. The number of methoxy groups -OCH3 is 1. The van der Waals surface area contributed by atoms with Crippen molar-refractivity contribution < 1.29 is 9.53 Å². The van der Waals surface area contributed by atoms with Crippen molar-refractivity contribution >= 4 is 5.97 Å². The van der Waals surface area contributed by atoms with Gasteiger partial charge >= 0.3 is 5.97 Å². The molecule has 1 aliphatic heterocycles. The molecule has 1 saturated heterocycles. The number of nitrogens with one attached hydrogen (secondary N) is 1. The van der Waals surface area contributed by atoms with Crippen molar-refractivity contribution in [2.45, 2.75) is 31.3 Å². The van der Waals surface area contributed by atoms with Gasteiger partial charge in [0.05, 0.1) is 7.11 Å². The number of hydrogen-bond acceptors (Lipinski definition) is 5. The lowest BCUT2D eigenvalue weighted by molar-refractivity contribution is -0.151. The van der Waals surface area contributed by atoms with Gasteiger partial charge < -0.3 is 15.0 Å². The minimum absolute atomic E-state index is 0.108. The van der Waals surface area contributed by atoms with Crippen LogP contribution in [0.1, 0.15) is 19.8 Å². The molecule has 0 aromatic heterocycles. The summed E-state index contributed by atoms with van der Waals surface area (Å²) in [6, 6.07) is 0.481. The highest BCUT2D eigenvalue weighted by Crippen LogP contribution is 2.41. The smallest absolute Gasteiger partial charge is 0.327 e. The molecule has 0 bridgehead atoms. The van der Waals surface area contributed by atoms with E-state index in [9.17, 15) is 4.79 Å². The first-order valence-corrected chi connectivity index (χ1v) is 7.23. The van der Waals surface area contributed by atoms with Gasteiger partial charge in [0.25, 0.3) is 0 Å². The van der Waals surface area contributed by atoms with Gasteiger partial charge in [-0.3, -0.25) is 4.90 Å². The maximum Gasteiger partial charge on any atom is 0.327 e. The number of carbonyl (C=O) groups is 1. The first-order chi connectivity index (χ1) is 9.03. The molecule has 0 aromatic carbocycles. The van der Waals surface area contributed by atoms with E-state index < -0.39 is 5.54 Å². The van der Waals surface area contributed by atoms with Gasteiger partial charge in [-0.25, -0.2) is 4.79 Å². The summed E-state index contributed by atoms with van der Waals surface area (Å²) in [5.41, 5.74) is -0.515. The molecule has 2 aliphatic rings. The monoisotopic (exact) mass is 269 g/mol. The first kappa shape index (κ1) is 14.8. The lowest BCUT2D eigenvalue weighted by Gasteiger charge is -2.43. The van der Waals surface area contributed by atoms with Crippen LogP contribution in [-0.2, 0) is 9.53 Å². The van der Waals surface area contributed by atoms with Crippen LogP contribution in [0.5, 0.6) is 0 Å². The first-order valence-electron chi connectivity index (χ1n) is 7.23. The summed E-state index contributed by atoms with van der Waals surface area (Å²) < 4.78 is 5.07. The lowest BCUT2D eigenvalue weighted by atomic mass is 9.91. The Morgan fingerprint density at radius 3 is 2.58 bits per heavy atom. The second-order valence-corrected chi connectivity index (χ2v) is 6.07. The zero-order chi connectivity index (χ0) is 14.0. The second-order valence-electron chi connectivity index (χ2n) is 6.07. The van der Waals surface area contributed by atoms with Gasteiger partial charge in [-0.1, -0.05) is 0 Å². The van der Waals surface area contributed by atoms with Crippen molar-refractivity contribution in [3.05, 3.63) is 0 Å². The molecule has 0 radical (unpaired) electrons. The highest BCUT2D eigenvalue weighted by atomic mass is 16.5. The SMILES string of the molecule is CNC(CN1CCN(C)CC1C)(C(=O)OC)C1CC1. The van der Waals surface area contributed by atoms with Crippen molar-refractivity contribution in [1.29, 1.82) is 0 Å². The van der Waals surface area contributed by atoms with Crippen LogP contribution in [0.3, 0.4) is 0 Å². The maximum atomic E-state index is 12.3. The summed E-state index contributed by atoms with van der Waals surface area (Å²) >= 11 is 0. The molecule has 1 N–H and O–H groups in total. The van der Waals surface area contributed by atoms with Crippen LogP contribution in [0.2, 0.25) is 0 Å². The van der Waals surface area contributed by atoms with Gasteiger partial charge in [0, 0.05) is 32.2 Å². The molecule has 110 valence electrons. The summed E-state index contributed by atoms with van der Waals surface area (Å²) in [7, 11) is 5.53. The average Bonchev–Trinajstić information content (AvgIpc) is 3.22. The standard InChI is InChI=1S/C14H27N3O2/c1-11-9-16(3)7-8-17(11)10-14(15-2,12-5-6-12)13(18)19-4/h11-12,15H,5-10H2,1-4H3. The van der Waals surface area contributed by atoms with E-state index in [4.69, 9.17) is 4.74 Å². The normalized spacial score (nSPS) is 28.9. The second kappa shape index (κ2) is 5.77. The van der Waals surface area contributed by atoms with Crippen LogP contribution in [0.15, 0.2) is 0 Å². The third kappa shape index (κ3) is 2.93. The third-order valence-corrected chi connectivity index (χ3v) is 4.69. The van der Waals surface area contributed by atoms with E-state index in [0.717, 1.165) is 39.0 Å². The molecule has 2 fully saturated rings. The van der Waals surface area contributed by atoms with E-state index in [1.807, 2.05) is 7.05 Å². The molecule has 2 rings (SSSR count). The molecule has 1 heterocycles. The van der Waals surface area contributed by atoms with Gasteiger partial charge in [0.2, 0.25) is 0 Å². The lowest BCUT2D eigenvalue weighted by Crippen LogP contribution is -2.63. The average molecular weight is 269 g/mol. The Balaban J connectivity index is 2.09. The number of esters is 1. The van der Waals surface area contributed by atoms with Crippen LogP contribution < -0.4 is 5.32 Å². The van der Waals surface area contributed by atoms with Crippen LogP contribution in [0.4, 0.5) is 0 Å². The van der Waals surface area contributed by atoms with E-state index in [1.165, 1.54) is 7.11 Å². The van der Waals surface area contributed by atoms with Crippen molar-refractivity contribution in [3.63, 3.8) is 0 Å². The molecule has 2 unspecified atom stereocenters. The summed E-state index contributed by atoms with van der Waals surface area (Å²) in [5.74, 6) is 0.320. The van der Waals surface area contributed by atoms with E-state index >= 15 is 0 Å². The van der Waals surface area contributed by atoms with Gasteiger partial charge in [0.15, 0.2) is 0 Å². The topological polar surface area (TPSA) is 44.8 Å². The predicted molar refractivity (Wildman–Crippen MR) is 75.1 cm³/mol. The maximum absolute atomic E-state index is 12.3. The number of hydrogen-bond donors (Lipinski definition) is 1. The van der Waals surface area contributed by atoms with Gasteiger partial charge in [0.1, 0.15) is 5.54 Å². The molecule has 1 aliphatic carbocycles. The fraction of sp³-hybridized carbons (Fsp3) is 0.929. The van der Waals surface area contributed by atoms with Crippen LogP contribution in [-0.4, -0.2) is 74.7 Å². The molecule has 19 heavy (non-hydrogen) atoms. The quantitative estimate of drug-likeness (QED) is 0.721. The molecule has 1 saturated carbocycles.